The normalized spacial score (nSPS) is 15.5. The minimum absolute atomic E-state index is 0.126. The van der Waals surface area contributed by atoms with Crippen molar-refractivity contribution in [1.82, 2.24) is 14.3 Å². The molecule has 0 spiro atoms. The van der Waals surface area contributed by atoms with Crippen LogP contribution in [0, 0.1) is 12.8 Å². The highest BCUT2D eigenvalue weighted by Gasteiger charge is 2.32. The lowest BCUT2D eigenvalue weighted by Gasteiger charge is -2.14. The predicted molar refractivity (Wildman–Crippen MR) is 138 cm³/mol. The average molecular weight is 473 g/mol. The molecule has 6 nitrogen and oxygen atoms in total. The Kier molecular flexibility index (Phi) is 8.48. The quantitative estimate of drug-likeness (QED) is 0.290. The van der Waals surface area contributed by atoms with Gasteiger partial charge in [0.1, 0.15) is 15.8 Å². The van der Waals surface area contributed by atoms with Crippen LogP contribution in [0.1, 0.15) is 64.0 Å². The van der Waals surface area contributed by atoms with Crippen molar-refractivity contribution in [2.75, 3.05) is 18.4 Å². The number of rotatable bonds is 10. The fraction of sp³-hybridized carbons (Fsp3) is 0.500. The number of aryl methyl sites for hydroxylation is 1. The maximum absolute atomic E-state index is 13.3. The van der Waals surface area contributed by atoms with E-state index in [9.17, 15) is 9.59 Å². The Balaban J connectivity index is 1.92. The lowest BCUT2D eigenvalue weighted by Crippen LogP contribution is -2.29. The summed E-state index contributed by atoms with van der Waals surface area (Å²) in [5.74, 6) is 0.753. The molecule has 3 heterocycles. The summed E-state index contributed by atoms with van der Waals surface area (Å²) in [6.07, 6.45) is 9.02. The molecule has 32 heavy (non-hydrogen) atoms. The second kappa shape index (κ2) is 11.1. The van der Waals surface area contributed by atoms with Gasteiger partial charge in [0.25, 0.3) is 11.5 Å². The molecular weight excluding hydrogens is 440 g/mol. The first-order valence-electron chi connectivity index (χ1n) is 11.3. The monoisotopic (exact) mass is 472 g/mol. The van der Waals surface area contributed by atoms with Gasteiger partial charge in [-0.1, -0.05) is 76.5 Å². The van der Waals surface area contributed by atoms with E-state index in [1.807, 2.05) is 19.1 Å². The van der Waals surface area contributed by atoms with Gasteiger partial charge < -0.3 is 5.32 Å². The van der Waals surface area contributed by atoms with Crippen LogP contribution in [-0.4, -0.2) is 37.6 Å². The summed E-state index contributed by atoms with van der Waals surface area (Å²) >= 11 is 6.73. The Morgan fingerprint density at radius 1 is 1.19 bits per heavy atom. The molecule has 1 fully saturated rings. The zero-order valence-corrected chi connectivity index (χ0v) is 20.9. The number of thiocarbonyl (C=S) groups is 1. The number of carbonyl (C=O) groups is 1. The summed E-state index contributed by atoms with van der Waals surface area (Å²) < 4.78 is 2.09. The third-order valence-corrected chi connectivity index (χ3v) is 6.70. The van der Waals surface area contributed by atoms with Crippen molar-refractivity contribution in [1.29, 1.82) is 0 Å². The van der Waals surface area contributed by atoms with Gasteiger partial charge in [0.15, 0.2) is 0 Å². The zero-order chi connectivity index (χ0) is 23.3. The fourth-order valence-corrected chi connectivity index (χ4v) is 4.81. The van der Waals surface area contributed by atoms with Crippen LogP contribution in [0.25, 0.3) is 11.7 Å². The lowest BCUT2D eigenvalue weighted by atomic mass is 10.1. The van der Waals surface area contributed by atoms with Gasteiger partial charge in [0.05, 0.1) is 10.5 Å². The maximum Gasteiger partial charge on any atom is 0.267 e. The molecule has 0 bridgehead atoms. The second-order valence-electron chi connectivity index (χ2n) is 8.64. The van der Waals surface area contributed by atoms with E-state index in [1.54, 1.807) is 17.2 Å². The smallest absolute Gasteiger partial charge is 0.267 e. The molecule has 2 aromatic rings. The highest BCUT2D eigenvalue weighted by molar-refractivity contribution is 8.26. The van der Waals surface area contributed by atoms with Crippen LogP contribution in [0.4, 0.5) is 5.82 Å². The molecule has 0 aliphatic carbocycles. The number of nitrogens with zero attached hydrogens (tertiary/aromatic N) is 3. The number of thioether (sulfide) groups is 1. The summed E-state index contributed by atoms with van der Waals surface area (Å²) in [6, 6.07) is 3.76. The highest BCUT2D eigenvalue weighted by atomic mass is 32.2. The SMILES string of the molecule is CCCCCCCN1C(=O)C(=Cc2c(NCC(C)C)nc3ccc(C)cn3c2=O)SC1=S. The molecule has 1 aliphatic rings. The third kappa shape index (κ3) is 5.78. The maximum atomic E-state index is 13.3. The molecule has 0 atom stereocenters. The number of hydrogen-bond acceptors (Lipinski definition) is 6. The zero-order valence-electron chi connectivity index (χ0n) is 19.3. The van der Waals surface area contributed by atoms with Crippen molar-refractivity contribution < 1.29 is 4.79 Å². The molecule has 0 radical (unpaired) electrons. The summed E-state index contributed by atoms with van der Waals surface area (Å²) in [5, 5.41) is 3.29. The van der Waals surface area contributed by atoms with Gasteiger partial charge in [-0.25, -0.2) is 4.98 Å². The van der Waals surface area contributed by atoms with Gasteiger partial charge in [-0.15, -0.1) is 0 Å². The third-order valence-electron chi connectivity index (χ3n) is 5.32. The number of pyridine rings is 1. The molecular formula is C24H32N4O2S2. The van der Waals surface area contributed by atoms with Gasteiger partial charge in [0.2, 0.25) is 0 Å². The van der Waals surface area contributed by atoms with Crippen molar-refractivity contribution in [2.45, 2.75) is 59.8 Å². The molecule has 2 aromatic heterocycles. The first-order chi connectivity index (χ1) is 15.3. The first-order valence-corrected chi connectivity index (χ1v) is 12.6. The first kappa shape index (κ1) is 24.5. The van der Waals surface area contributed by atoms with Crippen molar-refractivity contribution in [3.8, 4) is 0 Å². The highest BCUT2D eigenvalue weighted by Crippen LogP contribution is 2.33. The number of carbonyl (C=O) groups excluding carboxylic acids is 1. The van der Waals surface area contributed by atoms with E-state index >= 15 is 0 Å². The number of amides is 1. The summed E-state index contributed by atoms with van der Waals surface area (Å²) in [6.45, 7) is 9.60. The molecule has 1 amide bonds. The van der Waals surface area contributed by atoms with Gasteiger partial charge in [0, 0.05) is 19.3 Å². The van der Waals surface area contributed by atoms with Gasteiger partial charge in [-0.3, -0.25) is 18.9 Å². The molecule has 1 aliphatic heterocycles. The van der Waals surface area contributed by atoms with Crippen LogP contribution in [0.5, 0.6) is 0 Å². The summed E-state index contributed by atoms with van der Waals surface area (Å²) in [4.78, 5) is 33.2. The number of aromatic nitrogens is 2. The van der Waals surface area contributed by atoms with Crippen LogP contribution in [0.2, 0.25) is 0 Å². The molecule has 0 saturated carbocycles. The Morgan fingerprint density at radius 3 is 2.66 bits per heavy atom. The number of anilines is 1. The van der Waals surface area contributed by atoms with Gasteiger partial charge in [-0.05, 0) is 37.0 Å². The Morgan fingerprint density at radius 2 is 1.94 bits per heavy atom. The Labute approximate surface area is 199 Å². The van der Waals surface area contributed by atoms with Crippen LogP contribution < -0.4 is 10.9 Å². The molecule has 1 saturated heterocycles. The number of unbranched alkanes of at least 4 members (excludes halogenated alkanes) is 4. The minimum atomic E-state index is -0.199. The standard InChI is InChI=1S/C24H32N4O2S2/c1-5-6-7-8-9-12-27-23(30)19(32-24(27)31)13-18-21(25-14-16(2)3)26-20-11-10-17(4)15-28(20)22(18)29/h10-11,13,15-16,25H,5-9,12,14H2,1-4H3. The molecule has 0 unspecified atom stereocenters. The topological polar surface area (TPSA) is 66.7 Å². The van der Waals surface area contributed by atoms with Crippen LogP contribution >= 0.6 is 24.0 Å². The van der Waals surface area contributed by atoms with E-state index in [2.05, 4.69) is 31.1 Å². The predicted octanol–water partition coefficient (Wildman–Crippen LogP) is 5.24. The summed E-state index contributed by atoms with van der Waals surface area (Å²) in [5.41, 5.74) is 1.72. The average Bonchev–Trinajstić information content (AvgIpc) is 3.02. The minimum Gasteiger partial charge on any atom is -0.369 e. The number of hydrogen-bond donors (Lipinski definition) is 1. The van der Waals surface area contributed by atoms with Crippen LogP contribution in [-0.2, 0) is 4.79 Å². The Bertz CT molecular complexity index is 1090. The van der Waals surface area contributed by atoms with Crippen molar-refractivity contribution in [3.63, 3.8) is 0 Å². The number of nitrogens with one attached hydrogen (secondary N) is 1. The molecule has 3 rings (SSSR count). The van der Waals surface area contributed by atoms with Gasteiger partial charge in [-0.2, -0.15) is 0 Å². The Hall–Kier alpha value is -2.19. The molecule has 8 heteroatoms. The van der Waals surface area contributed by atoms with Gasteiger partial charge >= 0.3 is 0 Å². The van der Waals surface area contributed by atoms with Crippen LogP contribution in [0.3, 0.4) is 0 Å². The molecule has 0 aromatic carbocycles. The van der Waals surface area contributed by atoms with E-state index < -0.39 is 0 Å². The lowest BCUT2D eigenvalue weighted by molar-refractivity contribution is -0.122. The molecule has 172 valence electrons. The number of fused-ring (bicyclic) bond motifs is 1. The van der Waals surface area contributed by atoms with E-state index in [-0.39, 0.29) is 11.5 Å². The van der Waals surface area contributed by atoms with Crippen molar-refractivity contribution >= 4 is 51.7 Å². The van der Waals surface area contributed by atoms with Crippen molar-refractivity contribution in [3.05, 3.63) is 44.7 Å². The van der Waals surface area contributed by atoms with Crippen LogP contribution in [0.15, 0.2) is 28.0 Å². The van der Waals surface area contributed by atoms with Crippen molar-refractivity contribution in [2.24, 2.45) is 5.92 Å². The second-order valence-corrected chi connectivity index (χ2v) is 10.3. The summed E-state index contributed by atoms with van der Waals surface area (Å²) in [7, 11) is 0. The molecule has 1 N–H and O–H groups in total. The van der Waals surface area contributed by atoms with E-state index in [1.165, 1.54) is 35.4 Å². The van der Waals surface area contributed by atoms with E-state index in [0.717, 1.165) is 18.4 Å². The van der Waals surface area contributed by atoms with E-state index in [0.29, 0.717) is 45.3 Å². The largest absolute Gasteiger partial charge is 0.369 e. The van der Waals surface area contributed by atoms with E-state index in [4.69, 9.17) is 12.2 Å². The fourth-order valence-electron chi connectivity index (χ4n) is 3.52.